The second-order valence-electron chi connectivity index (χ2n) is 3.46. The maximum Gasteiger partial charge on any atom is 0.317 e. The maximum atomic E-state index is 10.6. The molecule has 0 aromatic carbocycles. The van der Waals surface area contributed by atoms with Crippen LogP contribution in [0.3, 0.4) is 0 Å². The van der Waals surface area contributed by atoms with Gasteiger partial charge in [-0.05, 0) is 12.8 Å². The van der Waals surface area contributed by atoms with Gasteiger partial charge in [0.05, 0.1) is 6.54 Å². The largest absolute Gasteiger partial charge is 0.480 e. The Balaban J connectivity index is 4.25. The summed E-state index contributed by atoms with van der Waals surface area (Å²) in [6, 6.07) is 0.370. The van der Waals surface area contributed by atoms with Crippen molar-refractivity contribution in [2.24, 2.45) is 0 Å². The lowest BCUT2D eigenvalue weighted by Gasteiger charge is -2.28. The van der Waals surface area contributed by atoms with Gasteiger partial charge in [0.2, 0.25) is 0 Å². The van der Waals surface area contributed by atoms with Crippen LogP contribution in [0.15, 0.2) is 12.7 Å². The minimum absolute atomic E-state index is 0.116. The zero-order valence-electron chi connectivity index (χ0n) is 9.20. The van der Waals surface area contributed by atoms with E-state index in [1.54, 1.807) is 6.08 Å². The molecule has 0 aromatic heterocycles. The average molecular weight is 199 g/mol. The molecule has 0 aliphatic rings. The van der Waals surface area contributed by atoms with Gasteiger partial charge in [0.15, 0.2) is 0 Å². The molecule has 0 saturated carbocycles. The zero-order valence-corrected chi connectivity index (χ0v) is 9.20. The summed E-state index contributed by atoms with van der Waals surface area (Å²) in [7, 11) is 0. The molecular weight excluding hydrogens is 178 g/mol. The molecule has 0 aliphatic heterocycles. The number of rotatable bonds is 8. The van der Waals surface area contributed by atoms with E-state index >= 15 is 0 Å². The number of hydrogen-bond donors (Lipinski definition) is 1. The second kappa shape index (κ2) is 7.56. The lowest BCUT2D eigenvalue weighted by Crippen LogP contribution is -2.38. The van der Waals surface area contributed by atoms with Crippen molar-refractivity contribution in [1.82, 2.24) is 4.90 Å². The van der Waals surface area contributed by atoms with Gasteiger partial charge in [-0.1, -0.05) is 26.3 Å². The van der Waals surface area contributed by atoms with Crippen LogP contribution in [0.25, 0.3) is 0 Å². The first-order valence-electron chi connectivity index (χ1n) is 5.22. The molecule has 0 aromatic rings. The van der Waals surface area contributed by atoms with E-state index in [-0.39, 0.29) is 6.54 Å². The molecule has 0 amide bonds. The van der Waals surface area contributed by atoms with Crippen molar-refractivity contribution in [3.8, 4) is 0 Å². The third-order valence-corrected chi connectivity index (χ3v) is 2.31. The van der Waals surface area contributed by atoms with Gasteiger partial charge in [0.1, 0.15) is 0 Å². The topological polar surface area (TPSA) is 40.5 Å². The summed E-state index contributed by atoms with van der Waals surface area (Å²) in [5.41, 5.74) is 0. The highest BCUT2D eigenvalue weighted by Crippen LogP contribution is 2.10. The van der Waals surface area contributed by atoms with Crippen molar-refractivity contribution in [2.45, 2.75) is 39.2 Å². The molecule has 0 spiro atoms. The van der Waals surface area contributed by atoms with Crippen LogP contribution in [0.2, 0.25) is 0 Å². The van der Waals surface area contributed by atoms with E-state index in [1.807, 2.05) is 4.90 Å². The quantitative estimate of drug-likeness (QED) is 0.609. The normalized spacial score (nSPS) is 12.8. The Morgan fingerprint density at radius 2 is 2.21 bits per heavy atom. The van der Waals surface area contributed by atoms with Crippen molar-refractivity contribution in [2.75, 3.05) is 13.1 Å². The van der Waals surface area contributed by atoms with E-state index < -0.39 is 5.97 Å². The third-order valence-electron chi connectivity index (χ3n) is 2.31. The molecule has 14 heavy (non-hydrogen) atoms. The molecule has 3 nitrogen and oxygen atoms in total. The zero-order chi connectivity index (χ0) is 11.0. The van der Waals surface area contributed by atoms with Gasteiger partial charge in [-0.2, -0.15) is 0 Å². The average Bonchev–Trinajstić information content (AvgIpc) is 2.13. The van der Waals surface area contributed by atoms with Gasteiger partial charge in [-0.15, -0.1) is 6.58 Å². The summed E-state index contributed by atoms with van der Waals surface area (Å²) in [4.78, 5) is 12.6. The van der Waals surface area contributed by atoms with E-state index in [0.717, 1.165) is 19.3 Å². The molecule has 0 saturated heterocycles. The third kappa shape index (κ3) is 5.02. The molecule has 1 unspecified atom stereocenters. The fourth-order valence-electron chi connectivity index (χ4n) is 1.66. The highest BCUT2D eigenvalue weighted by atomic mass is 16.4. The highest BCUT2D eigenvalue weighted by Gasteiger charge is 2.16. The molecule has 0 aliphatic carbocycles. The summed E-state index contributed by atoms with van der Waals surface area (Å²) in [6.07, 6.45) is 4.90. The van der Waals surface area contributed by atoms with Crippen molar-refractivity contribution >= 4 is 5.97 Å². The van der Waals surface area contributed by atoms with Crippen LogP contribution < -0.4 is 0 Å². The van der Waals surface area contributed by atoms with Crippen molar-refractivity contribution in [1.29, 1.82) is 0 Å². The highest BCUT2D eigenvalue weighted by molar-refractivity contribution is 5.69. The van der Waals surface area contributed by atoms with Crippen LogP contribution in [0.5, 0.6) is 0 Å². The summed E-state index contributed by atoms with van der Waals surface area (Å²) >= 11 is 0. The van der Waals surface area contributed by atoms with Crippen molar-refractivity contribution < 1.29 is 9.90 Å². The molecular formula is C11H21NO2. The smallest absolute Gasteiger partial charge is 0.317 e. The van der Waals surface area contributed by atoms with E-state index in [2.05, 4.69) is 20.4 Å². The molecule has 0 radical (unpaired) electrons. The van der Waals surface area contributed by atoms with E-state index in [0.29, 0.717) is 12.6 Å². The van der Waals surface area contributed by atoms with Crippen molar-refractivity contribution in [3.05, 3.63) is 12.7 Å². The lowest BCUT2D eigenvalue weighted by molar-refractivity contribution is -0.138. The summed E-state index contributed by atoms with van der Waals surface area (Å²) in [6.45, 7) is 8.64. The number of hydrogen-bond acceptors (Lipinski definition) is 2. The number of carbonyl (C=O) groups is 1. The number of aliphatic carboxylic acids is 1. The Kier molecular flexibility index (Phi) is 7.11. The Labute approximate surface area is 86.4 Å². The lowest BCUT2D eigenvalue weighted by atomic mass is 10.1. The molecule has 82 valence electrons. The number of carboxylic acids is 1. The molecule has 3 heteroatoms. The van der Waals surface area contributed by atoms with Crippen LogP contribution in [-0.4, -0.2) is 35.1 Å². The first-order chi connectivity index (χ1) is 6.65. The van der Waals surface area contributed by atoms with Gasteiger partial charge < -0.3 is 5.11 Å². The first-order valence-corrected chi connectivity index (χ1v) is 5.22. The minimum Gasteiger partial charge on any atom is -0.480 e. The minimum atomic E-state index is -0.763. The maximum absolute atomic E-state index is 10.6. The number of nitrogens with zero attached hydrogens (tertiary/aromatic N) is 1. The van der Waals surface area contributed by atoms with Gasteiger partial charge in [-0.3, -0.25) is 9.69 Å². The van der Waals surface area contributed by atoms with Crippen LogP contribution in [0, 0.1) is 0 Å². The predicted molar refractivity (Wildman–Crippen MR) is 58.4 cm³/mol. The van der Waals surface area contributed by atoms with Crippen LogP contribution in [0.1, 0.15) is 33.1 Å². The molecule has 0 fully saturated rings. The van der Waals surface area contributed by atoms with E-state index in [9.17, 15) is 4.79 Å². The molecule has 1 atom stereocenters. The molecule has 1 N–H and O–H groups in total. The van der Waals surface area contributed by atoms with Gasteiger partial charge in [0, 0.05) is 12.6 Å². The van der Waals surface area contributed by atoms with Crippen LogP contribution in [-0.2, 0) is 4.79 Å². The summed E-state index contributed by atoms with van der Waals surface area (Å²) < 4.78 is 0. The second-order valence-corrected chi connectivity index (χ2v) is 3.46. The van der Waals surface area contributed by atoms with Crippen LogP contribution >= 0.6 is 0 Å². The molecule has 0 heterocycles. The van der Waals surface area contributed by atoms with Gasteiger partial charge in [-0.25, -0.2) is 0 Å². The predicted octanol–water partition coefficient (Wildman–Crippen LogP) is 2.14. The van der Waals surface area contributed by atoms with Crippen molar-refractivity contribution in [3.63, 3.8) is 0 Å². The monoisotopic (exact) mass is 199 g/mol. The molecule has 0 bridgehead atoms. The fraction of sp³-hybridized carbons (Fsp3) is 0.727. The van der Waals surface area contributed by atoms with Gasteiger partial charge >= 0.3 is 5.97 Å². The van der Waals surface area contributed by atoms with Crippen LogP contribution in [0.4, 0.5) is 0 Å². The molecule has 0 rings (SSSR count). The number of carboxylic acid groups (broad SMARTS) is 1. The fourth-order valence-corrected chi connectivity index (χ4v) is 1.66. The van der Waals surface area contributed by atoms with E-state index in [1.165, 1.54) is 0 Å². The Morgan fingerprint density at radius 3 is 2.57 bits per heavy atom. The Hall–Kier alpha value is -0.830. The summed E-state index contributed by atoms with van der Waals surface area (Å²) in [5.74, 6) is -0.763. The first kappa shape index (κ1) is 13.2. The SMILES string of the molecule is C=CCN(CC(=O)O)C(CC)CCC. The van der Waals surface area contributed by atoms with E-state index in [4.69, 9.17) is 5.11 Å². The summed E-state index contributed by atoms with van der Waals surface area (Å²) in [5, 5.41) is 8.75. The standard InChI is InChI=1S/C11H21NO2/c1-4-7-10(6-3)12(8-5-2)9-11(13)14/h5,10H,2,4,6-9H2,1,3H3,(H,13,14). The Morgan fingerprint density at radius 1 is 1.57 bits per heavy atom. The Bertz CT molecular complexity index is 180. The van der Waals surface area contributed by atoms with Gasteiger partial charge in [0.25, 0.3) is 0 Å².